The van der Waals surface area contributed by atoms with Crippen molar-refractivity contribution in [3.05, 3.63) is 59.7 Å². The summed E-state index contributed by atoms with van der Waals surface area (Å²) in [6.07, 6.45) is 0. The van der Waals surface area contributed by atoms with E-state index >= 15 is 0 Å². The number of halogens is 1. The van der Waals surface area contributed by atoms with E-state index < -0.39 is 12.0 Å². The van der Waals surface area contributed by atoms with Crippen LogP contribution >= 0.6 is 11.6 Å². The first-order chi connectivity index (χ1) is 9.18. The second kappa shape index (κ2) is 4.46. The SMILES string of the molecule is [2H]C(OC(=O)Cl)C1c2ccccc2-c2ccccc21. The van der Waals surface area contributed by atoms with Gasteiger partial charge < -0.3 is 4.74 Å². The van der Waals surface area contributed by atoms with Gasteiger partial charge in [0, 0.05) is 17.5 Å². The quantitative estimate of drug-likeness (QED) is 0.757. The molecule has 0 saturated carbocycles. The van der Waals surface area contributed by atoms with Gasteiger partial charge in [-0.2, -0.15) is 0 Å². The smallest absolute Gasteiger partial charge is 0.403 e. The van der Waals surface area contributed by atoms with E-state index in [1.807, 2.05) is 48.5 Å². The van der Waals surface area contributed by atoms with Gasteiger partial charge in [0.1, 0.15) is 6.58 Å². The molecule has 0 fully saturated rings. The fourth-order valence-electron chi connectivity index (χ4n) is 2.46. The van der Waals surface area contributed by atoms with Crippen molar-refractivity contribution in [1.29, 1.82) is 0 Å². The third-order valence-corrected chi connectivity index (χ3v) is 3.27. The fraction of sp³-hybridized carbons (Fsp3) is 0.133. The Balaban J connectivity index is 2.12. The van der Waals surface area contributed by atoms with E-state index in [1.165, 1.54) is 0 Å². The Hall–Kier alpha value is -1.80. The monoisotopic (exact) mass is 259 g/mol. The Labute approximate surface area is 112 Å². The van der Waals surface area contributed by atoms with Crippen molar-refractivity contribution in [3.8, 4) is 11.1 Å². The molecule has 3 rings (SSSR count). The van der Waals surface area contributed by atoms with Crippen LogP contribution in [0.1, 0.15) is 18.4 Å². The molecule has 0 heterocycles. The van der Waals surface area contributed by atoms with Crippen molar-refractivity contribution >= 4 is 17.0 Å². The third kappa shape index (κ3) is 1.79. The minimum absolute atomic E-state index is 0.282. The van der Waals surface area contributed by atoms with E-state index in [4.69, 9.17) is 17.7 Å². The third-order valence-electron chi connectivity index (χ3n) is 3.18. The molecule has 3 heteroatoms. The predicted molar refractivity (Wildman–Crippen MR) is 70.9 cm³/mol. The minimum atomic E-state index is -1.03. The van der Waals surface area contributed by atoms with Crippen LogP contribution in [0.2, 0.25) is 0 Å². The van der Waals surface area contributed by atoms with Crippen LogP contribution in [0, 0.1) is 0 Å². The molecule has 2 nitrogen and oxygen atoms in total. The molecule has 1 aliphatic rings. The summed E-state index contributed by atoms with van der Waals surface area (Å²) in [5.74, 6) is -0.282. The lowest BCUT2D eigenvalue weighted by Crippen LogP contribution is -2.07. The van der Waals surface area contributed by atoms with E-state index in [1.54, 1.807) is 0 Å². The normalized spacial score (nSPS) is 15.5. The van der Waals surface area contributed by atoms with E-state index in [0.29, 0.717) is 0 Å². The molecule has 0 aromatic heterocycles. The molecule has 0 radical (unpaired) electrons. The largest absolute Gasteiger partial charge is 0.453 e. The summed E-state index contributed by atoms with van der Waals surface area (Å²) in [6.45, 7) is -1.03. The summed E-state index contributed by atoms with van der Waals surface area (Å²) < 4.78 is 12.9. The Morgan fingerprint density at radius 1 is 1.11 bits per heavy atom. The molecule has 90 valence electrons. The van der Waals surface area contributed by atoms with Gasteiger partial charge in [-0.3, -0.25) is 0 Å². The molecule has 2 aromatic carbocycles. The zero-order valence-electron chi connectivity index (χ0n) is 10.5. The van der Waals surface area contributed by atoms with Gasteiger partial charge in [-0.1, -0.05) is 48.5 Å². The summed E-state index contributed by atoms with van der Waals surface area (Å²) >= 11 is 5.22. The van der Waals surface area contributed by atoms with Crippen LogP contribution in [-0.4, -0.2) is 12.0 Å². The average Bonchev–Trinajstić information content (AvgIpc) is 2.72. The van der Waals surface area contributed by atoms with Crippen LogP contribution in [0.5, 0.6) is 0 Å². The molecule has 18 heavy (non-hydrogen) atoms. The number of rotatable bonds is 2. The molecule has 0 spiro atoms. The van der Waals surface area contributed by atoms with Gasteiger partial charge in [0.25, 0.3) is 0 Å². The predicted octanol–water partition coefficient (Wildman–Crippen LogP) is 4.17. The van der Waals surface area contributed by atoms with Gasteiger partial charge in [0.15, 0.2) is 0 Å². The van der Waals surface area contributed by atoms with Crippen molar-refractivity contribution in [3.63, 3.8) is 0 Å². The second-order valence-electron chi connectivity index (χ2n) is 4.14. The van der Waals surface area contributed by atoms with Gasteiger partial charge in [-0.15, -0.1) is 0 Å². The molecular formula is C15H11ClO2. The van der Waals surface area contributed by atoms with Crippen LogP contribution in [0.4, 0.5) is 4.79 Å². The van der Waals surface area contributed by atoms with Crippen LogP contribution < -0.4 is 0 Å². The highest BCUT2D eigenvalue weighted by Gasteiger charge is 2.28. The minimum Gasteiger partial charge on any atom is -0.453 e. The van der Waals surface area contributed by atoms with Crippen molar-refractivity contribution in [1.82, 2.24) is 0 Å². The summed E-state index contributed by atoms with van der Waals surface area (Å²) in [5.41, 5.74) is 3.24. The molecule has 1 atom stereocenters. The van der Waals surface area contributed by atoms with Crippen LogP contribution in [0.25, 0.3) is 11.1 Å². The van der Waals surface area contributed by atoms with E-state index in [9.17, 15) is 4.79 Å². The summed E-state index contributed by atoms with van der Waals surface area (Å²) in [7, 11) is 0. The summed E-state index contributed by atoms with van der Waals surface area (Å²) in [6, 6.07) is 15.7. The standard InChI is InChI=1S/C15H11ClO2/c16-15(17)18-9-14-12-7-3-1-5-10(12)11-6-2-4-8-13(11)14/h1-8,14H,9H2/i9D. The van der Waals surface area contributed by atoms with Crippen LogP contribution in [0.3, 0.4) is 0 Å². The number of hydrogen-bond acceptors (Lipinski definition) is 2. The summed E-state index contributed by atoms with van der Waals surface area (Å²) in [5, 5.41) is 0. The Kier molecular flexibility index (Phi) is 2.52. The number of carbonyl (C=O) groups excluding carboxylic acids is 1. The van der Waals surface area contributed by atoms with Gasteiger partial charge in [0.2, 0.25) is 0 Å². The number of ether oxygens (including phenoxy) is 1. The highest BCUT2D eigenvalue weighted by molar-refractivity contribution is 6.61. The number of hydrogen-bond donors (Lipinski definition) is 0. The molecule has 0 aliphatic heterocycles. The highest BCUT2D eigenvalue weighted by Crippen LogP contribution is 2.44. The maximum Gasteiger partial charge on any atom is 0.403 e. The maximum atomic E-state index is 10.9. The van der Waals surface area contributed by atoms with Crippen molar-refractivity contribution in [2.24, 2.45) is 0 Å². The summed E-state index contributed by atoms with van der Waals surface area (Å²) in [4.78, 5) is 10.9. The van der Waals surface area contributed by atoms with E-state index in [2.05, 4.69) is 0 Å². The first kappa shape index (κ1) is 10.2. The zero-order chi connectivity index (χ0) is 13.4. The number of fused-ring (bicyclic) bond motifs is 3. The van der Waals surface area contributed by atoms with Gasteiger partial charge in [-0.25, -0.2) is 4.79 Å². The van der Waals surface area contributed by atoms with Crippen LogP contribution in [0.15, 0.2) is 48.5 Å². The van der Waals surface area contributed by atoms with Crippen molar-refractivity contribution < 1.29 is 10.9 Å². The lowest BCUT2D eigenvalue weighted by molar-refractivity contribution is 0.170. The first-order valence-corrected chi connectivity index (χ1v) is 6.03. The molecule has 2 aromatic rings. The molecule has 0 amide bonds. The van der Waals surface area contributed by atoms with E-state index in [-0.39, 0.29) is 5.92 Å². The van der Waals surface area contributed by atoms with E-state index in [0.717, 1.165) is 22.3 Å². The molecule has 0 saturated heterocycles. The zero-order valence-corrected chi connectivity index (χ0v) is 10.2. The molecule has 1 aliphatic carbocycles. The Bertz CT molecular complexity index is 596. The van der Waals surface area contributed by atoms with Gasteiger partial charge in [0.05, 0.1) is 1.37 Å². The number of benzene rings is 2. The number of carbonyl (C=O) groups is 1. The second-order valence-corrected chi connectivity index (χ2v) is 4.45. The lowest BCUT2D eigenvalue weighted by atomic mass is 9.98. The molecule has 0 bridgehead atoms. The van der Waals surface area contributed by atoms with Gasteiger partial charge in [-0.05, 0) is 22.3 Å². The van der Waals surface area contributed by atoms with Crippen LogP contribution in [-0.2, 0) is 4.74 Å². The average molecular weight is 260 g/mol. The lowest BCUT2D eigenvalue weighted by Gasteiger charge is -2.12. The first-order valence-electron chi connectivity index (χ1n) is 6.23. The Morgan fingerprint density at radius 3 is 2.11 bits per heavy atom. The van der Waals surface area contributed by atoms with Crippen molar-refractivity contribution in [2.75, 3.05) is 6.58 Å². The van der Waals surface area contributed by atoms with Gasteiger partial charge >= 0.3 is 5.43 Å². The topological polar surface area (TPSA) is 26.3 Å². The maximum absolute atomic E-state index is 10.9. The molecule has 0 N–H and O–H groups in total. The highest BCUT2D eigenvalue weighted by atomic mass is 35.5. The molecule has 1 unspecified atom stereocenters. The Morgan fingerprint density at radius 2 is 1.61 bits per heavy atom. The fourth-order valence-corrected chi connectivity index (χ4v) is 2.51. The van der Waals surface area contributed by atoms with Crippen molar-refractivity contribution in [2.45, 2.75) is 5.92 Å². The molecular weight excluding hydrogens is 248 g/mol.